The van der Waals surface area contributed by atoms with E-state index < -0.39 is 5.82 Å². The maximum atomic E-state index is 13.5. The molecule has 0 bridgehead atoms. The molecule has 15 heavy (non-hydrogen) atoms. The molecule has 0 aliphatic carbocycles. The zero-order valence-electron chi connectivity index (χ0n) is 7.79. The number of halogens is 2. The Morgan fingerprint density at radius 2 is 2.27 bits per heavy atom. The van der Waals surface area contributed by atoms with E-state index in [0.29, 0.717) is 21.2 Å². The topological polar surface area (TPSA) is 33.6 Å². The van der Waals surface area contributed by atoms with Crippen LogP contribution in [0, 0.1) is 10.6 Å². The molecule has 0 radical (unpaired) electrons. The van der Waals surface area contributed by atoms with E-state index >= 15 is 0 Å². The highest BCUT2D eigenvalue weighted by molar-refractivity contribution is 7.71. The van der Waals surface area contributed by atoms with Crippen molar-refractivity contribution in [1.29, 1.82) is 0 Å². The molecule has 0 saturated heterocycles. The molecule has 1 aromatic carbocycles. The highest BCUT2D eigenvalue weighted by Crippen LogP contribution is 2.22. The second-order valence-electron chi connectivity index (χ2n) is 3.04. The second kappa shape index (κ2) is 3.75. The molecule has 78 valence electrons. The van der Waals surface area contributed by atoms with Crippen LogP contribution in [0.15, 0.2) is 18.2 Å². The predicted octanol–water partition coefficient (Wildman–Crippen LogP) is 2.94. The van der Waals surface area contributed by atoms with E-state index in [1.54, 1.807) is 23.9 Å². The van der Waals surface area contributed by atoms with Crippen LogP contribution in [0.2, 0.25) is 5.02 Å². The molecule has 0 saturated carbocycles. The summed E-state index contributed by atoms with van der Waals surface area (Å²) in [7, 11) is 1.71. The largest absolute Gasteiger partial charge is 0.279 e. The molecule has 1 N–H and O–H groups in total. The maximum Gasteiger partial charge on any atom is 0.216 e. The van der Waals surface area contributed by atoms with Gasteiger partial charge in [-0.15, -0.1) is 0 Å². The van der Waals surface area contributed by atoms with Crippen LogP contribution in [0.1, 0.15) is 0 Å². The van der Waals surface area contributed by atoms with Gasteiger partial charge >= 0.3 is 0 Å². The quantitative estimate of drug-likeness (QED) is 0.782. The number of aromatic nitrogens is 3. The van der Waals surface area contributed by atoms with Crippen molar-refractivity contribution in [2.45, 2.75) is 0 Å². The minimum atomic E-state index is -0.424. The normalized spacial score (nSPS) is 10.6. The van der Waals surface area contributed by atoms with Crippen LogP contribution >= 0.6 is 23.8 Å². The molecular weight excluding hydrogens is 237 g/mol. The van der Waals surface area contributed by atoms with Crippen LogP contribution in [-0.4, -0.2) is 14.8 Å². The summed E-state index contributed by atoms with van der Waals surface area (Å²) in [5.74, 6) is -0.0245. The number of aromatic amines is 1. The smallest absolute Gasteiger partial charge is 0.216 e. The van der Waals surface area contributed by atoms with Crippen molar-refractivity contribution >= 4 is 23.8 Å². The number of aryl methyl sites for hydroxylation is 1. The van der Waals surface area contributed by atoms with Gasteiger partial charge in [-0.25, -0.2) is 4.39 Å². The number of benzene rings is 1. The van der Waals surface area contributed by atoms with E-state index in [2.05, 4.69) is 10.1 Å². The predicted molar refractivity (Wildman–Crippen MR) is 58.8 cm³/mol. The molecule has 2 aromatic rings. The average Bonchev–Trinajstić information content (AvgIpc) is 2.46. The summed E-state index contributed by atoms with van der Waals surface area (Å²) in [4.78, 5) is 4.01. The lowest BCUT2D eigenvalue weighted by atomic mass is 10.2. The van der Waals surface area contributed by atoms with Crippen molar-refractivity contribution < 1.29 is 4.39 Å². The summed E-state index contributed by atoms with van der Waals surface area (Å²) >= 11 is 10.6. The van der Waals surface area contributed by atoms with Crippen LogP contribution in [0.5, 0.6) is 0 Å². The van der Waals surface area contributed by atoms with E-state index in [1.165, 1.54) is 6.07 Å². The molecule has 0 amide bonds. The molecule has 0 fully saturated rings. The fraction of sp³-hybridized carbons (Fsp3) is 0.111. The van der Waals surface area contributed by atoms with Crippen molar-refractivity contribution in [3.8, 4) is 11.4 Å². The van der Waals surface area contributed by atoms with Gasteiger partial charge in [-0.05, 0) is 30.4 Å². The van der Waals surface area contributed by atoms with Crippen LogP contribution in [0.25, 0.3) is 11.4 Å². The first kappa shape index (κ1) is 10.3. The standard InChI is InChI=1S/C9H7ClFN3S/c1-14-9(15)12-8(13-14)6-3-2-5(10)4-7(6)11/h2-4H,1H3,(H,12,13,15). The van der Waals surface area contributed by atoms with Gasteiger partial charge in [0.15, 0.2) is 5.82 Å². The summed E-state index contributed by atoms with van der Waals surface area (Å²) in [5.41, 5.74) is 0.353. The Labute approximate surface area is 95.5 Å². The van der Waals surface area contributed by atoms with Gasteiger partial charge in [-0.2, -0.15) is 4.98 Å². The van der Waals surface area contributed by atoms with Gasteiger partial charge < -0.3 is 0 Å². The number of nitrogens with zero attached hydrogens (tertiary/aromatic N) is 2. The van der Waals surface area contributed by atoms with Gasteiger partial charge in [0.05, 0.1) is 5.56 Å². The van der Waals surface area contributed by atoms with Crippen LogP contribution < -0.4 is 0 Å². The Hall–Kier alpha value is -1.20. The molecule has 0 atom stereocenters. The Kier molecular flexibility index (Phi) is 2.58. The van der Waals surface area contributed by atoms with Crippen LogP contribution in [-0.2, 0) is 7.05 Å². The summed E-state index contributed by atoms with van der Waals surface area (Å²) in [6.07, 6.45) is 0. The molecule has 6 heteroatoms. The monoisotopic (exact) mass is 243 g/mol. The summed E-state index contributed by atoms with van der Waals surface area (Å²) in [6, 6.07) is 4.40. The van der Waals surface area contributed by atoms with Crippen molar-refractivity contribution in [2.75, 3.05) is 0 Å². The van der Waals surface area contributed by atoms with Gasteiger partial charge in [0.25, 0.3) is 0 Å². The minimum absolute atomic E-state index is 0.353. The first-order chi connectivity index (χ1) is 7.08. The van der Waals surface area contributed by atoms with Gasteiger partial charge in [0.1, 0.15) is 5.82 Å². The van der Waals surface area contributed by atoms with Crippen LogP contribution in [0.3, 0.4) is 0 Å². The van der Waals surface area contributed by atoms with Gasteiger partial charge in [-0.3, -0.25) is 9.78 Å². The number of nitrogens with one attached hydrogen (secondary N) is 1. The third-order valence-corrected chi connectivity index (χ3v) is 2.55. The summed E-state index contributed by atoms with van der Waals surface area (Å²) in [6.45, 7) is 0. The Balaban J connectivity index is 2.59. The van der Waals surface area contributed by atoms with Crippen molar-refractivity contribution in [1.82, 2.24) is 14.8 Å². The van der Waals surface area contributed by atoms with Crippen molar-refractivity contribution in [2.24, 2.45) is 7.05 Å². The van der Waals surface area contributed by atoms with Crippen molar-refractivity contribution in [3.63, 3.8) is 0 Å². The Morgan fingerprint density at radius 1 is 1.53 bits per heavy atom. The third kappa shape index (κ3) is 1.93. The minimum Gasteiger partial charge on any atom is -0.279 e. The molecule has 1 aromatic heterocycles. The average molecular weight is 244 g/mol. The number of rotatable bonds is 1. The molecule has 0 spiro atoms. The summed E-state index contributed by atoms with van der Waals surface area (Å²) < 4.78 is 15.4. The lowest BCUT2D eigenvalue weighted by molar-refractivity contribution is 0.629. The Bertz CT molecular complexity index is 561. The Morgan fingerprint density at radius 3 is 2.80 bits per heavy atom. The molecule has 0 aliphatic heterocycles. The van der Waals surface area contributed by atoms with E-state index in [4.69, 9.17) is 23.8 Å². The second-order valence-corrected chi connectivity index (χ2v) is 3.84. The summed E-state index contributed by atoms with van der Waals surface area (Å²) in [5, 5.41) is 3.19. The van der Waals surface area contributed by atoms with E-state index in [0.717, 1.165) is 0 Å². The highest BCUT2D eigenvalue weighted by Gasteiger charge is 2.09. The van der Waals surface area contributed by atoms with Crippen molar-refractivity contribution in [3.05, 3.63) is 33.8 Å². The molecule has 1 heterocycles. The third-order valence-electron chi connectivity index (χ3n) is 1.95. The van der Waals surface area contributed by atoms with E-state index in [9.17, 15) is 4.39 Å². The molecular formula is C9H7ClFN3S. The van der Waals surface area contributed by atoms with Gasteiger partial charge in [-0.1, -0.05) is 11.6 Å². The van der Waals surface area contributed by atoms with Crippen LogP contribution in [0.4, 0.5) is 4.39 Å². The number of hydrogen-bond donors (Lipinski definition) is 1. The molecule has 2 rings (SSSR count). The SMILES string of the molecule is Cn1[nH]c(-c2ccc(Cl)cc2F)nc1=S. The van der Waals surface area contributed by atoms with E-state index in [-0.39, 0.29) is 0 Å². The number of hydrogen-bond acceptors (Lipinski definition) is 2. The lowest BCUT2D eigenvalue weighted by Gasteiger charge is -1.98. The fourth-order valence-corrected chi connectivity index (χ4v) is 1.50. The highest BCUT2D eigenvalue weighted by atomic mass is 35.5. The maximum absolute atomic E-state index is 13.5. The zero-order valence-corrected chi connectivity index (χ0v) is 9.36. The van der Waals surface area contributed by atoms with Gasteiger partial charge in [0, 0.05) is 12.1 Å². The first-order valence-electron chi connectivity index (χ1n) is 4.16. The first-order valence-corrected chi connectivity index (χ1v) is 4.95. The number of H-pyrrole nitrogens is 1. The molecule has 0 aliphatic rings. The molecule has 0 unspecified atom stereocenters. The fourth-order valence-electron chi connectivity index (χ4n) is 1.20. The lowest BCUT2D eigenvalue weighted by Crippen LogP contribution is -1.91. The molecule has 3 nitrogen and oxygen atoms in total. The zero-order chi connectivity index (χ0) is 11.0. The van der Waals surface area contributed by atoms with E-state index in [1.807, 2.05) is 0 Å². The van der Waals surface area contributed by atoms with Gasteiger partial charge in [0.2, 0.25) is 4.77 Å².